The molecule has 2 unspecified atom stereocenters. The molecule has 15 heavy (non-hydrogen) atoms. The third kappa shape index (κ3) is 2.54. The van der Waals surface area contributed by atoms with Crippen LogP contribution in [0.1, 0.15) is 40.0 Å². The first-order valence-corrected chi connectivity index (χ1v) is 6.41. The van der Waals surface area contributed by atoms with E-state index < -0.39 is 0 Å². The Morgan fingerprint density at radius 3 is 2.40 bits per heavy atom. The van der Waals surface area contributed by atoms with Crippen molar-refractivity contribution in [2.45, 2.75) is 46.1 Å². The fraction of sp³-hybridized carbons (Fsp3) is 1.00. The zero-order chi connectivity index (χ0) is 10.9. The number of hydrogen-bond donors (Lipinski definition) is 0. The van der Waals surface area contributed by atoms with Crippen molar-refractivity contribution in [2.75, 3.05) is 26.3 Å². The molecule has 2 atom stereocenters. The van der Waals surface area contributed by atoms with Gasteiger partial charge in [-0.15, -0.1) is 0 Å². The highest BCUT2D eigenvalue weighted by atomic mass is 16.5. The number of likely N-dealkylation sites (tertiary alicyclic amines) is 1. The van der Waals surface area contributed by atoms with Crippen molar-refractivity contribution in [1.82, 2.24) is 4.90 Å². The summed E-state index contributed by atoms with van der Waals surface area (Å²) in [4.78, 5) is 2.71. The third-order valence-corrected chi connectivity index (χ3v) is 4.04. The lowest BCUT2D eigenvalue weighted by Crippen LogP contribution is -2.49. The Labute approximate surface area is 94.0 Å². The molecule has 2 rings (SSSR count). The van der Waals surface area contributed by atoms with Gasteiger partial charge in [0.05, 0.1) is 6.61 Å². The molecule has 2 fully saturated rings. The minimum Gasteiger partial charge on any atom is -0.381 e. The second-order valence-electron chi connectivity index (χ2n) is 6.15. The minimum atomic E-state index is 0.383. The molecule has 0 bridgehead atoms. The largest absolute Gasteiger partial charge is 0.381 e. The van der Waals surface area contributed by atoms with Gasteiger partial charge in [0.1, 0.15) is 0 Å². The molecule has 0 N–H and O–H groups in total. The quantitative estimate of drug-likeness (QED) is 0.661. The van der Waals surface area contributed by atoms with Crippen LogP contribution in [0.15, 0.2) is 0 Å². The molecule has 2 saturated heterocycles. The molecule has 0 radical (unpaired) electrons. The molecule has 0 aromatic rings. The zero-order valence-electron chi connectivity index (χ0n) is 10.5. The SMILES string of the molecule is CC(C)(C)C1COCCC1N1CCCC1. The first-order valence-electron chi connectivity index (χ1n) is 6.41. The van der Waals surface area contributed by atoms with Crippen LogP contribution in [0, 0.1) is 11.3 Å². The first kappa shape index (κ1) is 11.4. The van der Waals surface area contributed by atoms with Crippen LogP contribution in [0.2, 0.25) is 0 Å². The Balaban J connectivity index is 2.05. The maximum absolute atomic E-state index is 5.67. The van der Waals surface area contributed by atoms with E-state index in [9.17, 15) is 0 Å². The van der Waals surface area contributed by atoms with E-state index in [1.165, 1.54) is 32.4 Å². The van der Waals surface area contributed by atoms with Crippen molar-refractivity contribution in [3.63, 3.8) is 0 Å². The lowest BCUT2D eigenvalue weighted by atomic mass is 9.74. The van der Waals surface area contributed by atoms with Gasteiger partial charge >= 0.3 is 0 Å². The molecule has 0 aromatic carbocycles. The Hall–Kier alpha value is -0.0800. The maximum atomic E-state index is 5.67. The van der Waals surface area contributed by atoms with Crippen LogP contribution in [0.5, 0.6) is 0 Å². The molecule has 0 spiro atoms. The summed E-state index contributed by atoms with van der Waals surface area (Å²) in [7, 11) is 0. The van der Waals surface area contributed by atoms with E-state index in [2.05, 4.69) is 25.7 Å². The fourth-order valence-corrected chi connectivity index (χ4v) is 3.06. The summed E-state index contributed by atoms with van der Waals surface area (Å²) in [5.41, 5.74) is 0.383. The van der Waals surface area contributed by atoms with Gasteiger partial charge in [0.2, 0.25) is 0 Å². The van der Waals surface area contributed by atoms with E-state index in [1.807, 2.05) is 0 Å². The monoisotopic (exact) mass is 211 g/mol. The molecule has 2 heterocycles. The average molecular weight is 211 g/mol. The smallest absolute Gasteiger partial charge is 0.0514 e. The van der Waals surface area contributed by atoms with Gasteiger partial charge in [0.15, 0.2) is 0 Å². The van der Waals surface area contributed by atoms with Crippen LogP contribution in [0.4, 0.5) is 0 Å². The van der Waals surface area contributed by atoms with Gasteiger partial charge in [-0.1, -0.05) is 20.8 Å². The molecule has 2 aliphatic rings. The van der Waals surface area contributed by atoms with Crippen molar-refractivity contribution in [2.24, 2.45) is 11.3 Å². The lowest BCUT2D eigenvalue weighted by molar-refractivity contribution is -0.0474. The molecule has 2 aliphatic heterocycles. The second kappa shape index (κ2) is 4.42. The summed E-state index contributed by atoms with van der Waals surface area (Å²) in [6.45, 7) is 11.6. The zero-order valence-corrected chi connectivity index (χ0v) is 10.5. The Morgan fingerprint density at radius 1 is 1.13 bits per heavy atom. The second-order valence-corrected chi connectivity index (χ2v) is 6.15. The minimum absolute atomic E-state index is 0.383. The predicted octanol–water partition coefficient (Wildman–Crippen LogP) is 2.53. The van der Waals surface area contributed by atoms with E-state index in [0.717, 1.165) is 19.3 Å². The van der Waals surface area contributed by atoms with Crippen LogP contribution < -0.4 is 0 Å². The topological polar surface area (TPSA) is 12.5 Å². The molecule has 88 valence electrons. The normalized spacial score (nSPS) is 34.6. The summed E-state index contributed by atoms with van der Waals surface area (Å²) in [5, 5.41) is 0. The molecular formula is C13H25NO. The number of nitrogens with zero attached hydrogens (tertiary/aromatic N) is 1. The van der Waals surface area contributed by atoms with Crippen LogP contribution in [-0.4, -0.2) is 37.2 Å². The average Bonchev–Trinajstić information content (AvgIpc) is 2.69. The maximum Gasteiger partial charge on any atom is 0.0514 e. The summed E-state index contributed by atoms with van der Waals surface area (Å²) in [6, 6.07) is 0.779. The van der Waals surface area contributed by atoms with Crippen LogP contribution in [-0.2, 0) is 4.74 Å². The summed E-state index contributed by atoms with van der Waals surface area (Å²) in [5.74, 6) is 0.712. The Morgan fingerprint density at radius 2 is 1.80 bits per heavy atom. The molecule has 0 aromatic heterocycles. The van der Waals surface area contributed by atoms with Crippen LogP contribution >= 0.6 is 0 Å². The van der Waals surface area contributed by atoms with Crippen molar-refractivity contribution >= 4 is 0 Å². The van der Waals surface area contributed by atoms with Gasteiger partial charge in [-0.3, -0.25) is 4.90 Å². The Kier molecular flexibility index (Phi) is 3.36. The Bertz CT molecular complexity index is 203. The summed E-state index contributed by atoms with van der Waals surface area (Å²) in [6.07, 6.45) is 4.03. The summed E-state index contributed by atoms with van der Waals surface area (Å²) >= 11 is 0. The van der Waals surface area contributed by atoms with Gasteiger partial charge in [-0.2, -0.15) is 0 Å². The number of hydrogen-bond acceptors (Lipinski definition) is 2. The molecule has 0 amide bonds. The van der Waals surface area contributed by atoms with E-state index in [1.54, 1.807) is 0 Å². The van der Waals surface area contributed by atoms with Crippen LogP contribution in [0.25, 0.3) is 0 Å². The third-order valence-electron chi connectivity index (χ3n) is 4.04. The summed E-state index contributed by atoms with van der Waals surface area (Å²) < 4.78 is 5.67. The van der Waals surface area contributed by atoms with Crippen molar-refractivity contribution < 1.29 is 4.74 Å². The highest BCUT2D eigenvalue weighted by Gasteiger charge is 2.38. The lowest BCUT2D eigenvalue weighted by Gasteiger charge is -2.44. The standard InChI is InChI=1S/C13H25NO/c1-13(2,3)11-10-15-9-6-12(11)14-7-4-5-8-14/h11-12H,4-10H2,1-3H3. The van der Waals surface area contributed by atoms with Crippen LogP contribution in [0.3, 0.4) is 0 Å². The van der Waals surface area contributed by atoms with E-state index in [4.69, 9.17) is 4.74 Å². The highest BCUT2D eigenvalue weighted by Crippen LogP contribution is 2.36. The molecule has 0 saturated carbocycles. The van der Waals surface area contributed by atoms with Gasteiger partial charge in [-0.25, -0.2) is 0 Å². The van der Waals surface area contributed by atoms with Gasteiger partial charge < -0.3 is 4.74 Å². The van der Waals surface area contributed by atoms with E-state index in [-0.39, 0.29) is 0 Å². The van der Waals surface area contributed by atoms with Gasteiger partial charge in [0, 0.05) is 18.6 Å². The van der Waals surface area contributed by atoms with Crippen molar-refractivity contribution in [1.29, 1.82) is 0 Å². The van der Waals surface area contributed by atoms with Crippen molar-refractivity contribution in [3.8, 4) is 0 Å². The predicted molar refractivity (Wildman–Crippen MR) is 63.0 cm³/mol. The molecule has 0 aliphatic carbocycles. The number of rotatable bonds is 1. The number of ether oxygens (including phenoxy) is 1. The molecule has 2 nitrogen and oxygen atoms in total. The van der Waals surface area contributed by atoms with Gasteiger partial charge in [-0.05, 0) is 37.8 Å². The van der Waals surface area contributed by atoms with E-state index >= 15 is 0 Å². The highest BCUT2D eigenvalue weighted by molar-refractivity contribution is 4.90. The van der Waals surface area contributed by atoms with E-state index in [0.29, 0.717) is 11.3 Å². The molecule has 2 heteroatoms. The first-order chi connectivity index (χ1) is 7.09. The van der Waals surface area contributed by atoms with Crippen molar-refractivity contribution in [3.05, 3.63) is 0 Å². The molecular weight excluding hydrogens is 186 g/mol. The van der Waals surface area contributed by atoms with Gasteiger partial charge in [0.25, 0.3) is 0 Å². The fourth-order valence-electron chi connectivity index (χ4n) is 3.06.